The first kappa shape index (κ1) is 28.5. The van der Waals surface area contributed by atoms with E-state index in [-0.39, 0.29) is 12.1 Å². The molecule has 0 radical (unpaired) electrons. The second-order valence-electron chi connectivity index (χ2n) is 10.8. The molecule has 1 amide bonds. The summed E-state index contributed by atoms with van der Waals surface area (Å²) in [4.78, 5) is 14.4. The SMILES string of the molecule is COc1ccc(-c2ccc(-c3cc(Nc4ccc(CN(C(=O)OC(C)(C)C)C(C)C)cc4)n[nH]3)cc2)c(OC)c1. The van der Waals surface area contributed by atoms with Gasteiger partial charge in [-0.25, -0.2) is 4.79 Å². The number of amides is 1. The number of methoxy groups -OCH3 is 2. The lowest BCUT2D eigenvalue weighted by Crippen LogP contribution is -2.40. The van der Waals surface area contributed by atoms with Crippen molar-refractivity contribution in [3.63, 3.8) is 0 Å². The van der Waals surface area contributed by atoms with Crippen LogP contribution in [-0.4, -0.2) is 47.1 Å². The molecule has 40 heavy (non-hydrogen) atoms. The van der Waals surface area contributed by atoms with Crippen molar-refractivity contribution in [1.29, 1.82) is 0 Å². The largest absolute Gasteiger partial charge is 0.497 e. The maximum absolute atomic E-state index is 12.6. The Bertz CT molecular complexity index is 1420. The average Bonchev–Trinajstić information content (AvgIpc) is 3.39. The van der Waals surface area contributed by atoms with Gasteiger partial charge >= 0.3 is 6.09 Å². The van der Waals surface area contributed by atoms with Crippen LogP contribution in [0.1, 0.15) is 40.2 Å². The number of carbonyl (C=O) groups is 1. The third-order valence-electron chi connectivity index (χ3n) is 6.32. The molecule has 0 saturated heterocycles. The third kappa shape index (κ3) is 7.14. The van der Waals surface area contributed by atoms with Crippen LogP contribution in [0.5, 0.6) is 11.5 Å². The minimum absolute atomic E-state index is 0.0161. The van der Waals surface area contributed by atoms with Gasteiger partial charge in [-0.3, -0.25) is 5.10 Å². The Morgan fingerprint density at radius 1 is 0.925 bits per heavy atom. The number of anilines is 2. The first-order valence-corrected chi connectivity index (χ1v) is 13.3. The predicted molar refractivity (Wildman–Crippen MR) is 159 cm³/mol. The van der Waals surface area contributed by atoms with Gasteiger partial charge in [-0.1, -0.05) is 36.4 Å². The summed E-state index contributed by atoms with van der Waals surface area (Å²) >= 11 is 0. The highest BCUT2D eigenvalue weighted by atomic mass is 16.6. The summed E-state index contributed by atoms with van der Waals surface area (Å²) in [5.41, 5.74) is 5.34. The van der Waals surface area contributed by atoms with Gasteiger partial charge in [0.25, 0.3) is 0 Å². The van der Waals surface area contributed by atoms with Crippen LogP contribution in [0.4, 0.5) is 16.3 Å². The van der Waals surface area contributed by atoms with Crippen LogP contribution in [0, 0.1) is 0 Å². The van der Waals surface area contributed by atoms with E-state index in [0.29, 0.717) is 12.4 Å². The van der Waals surface area contributed by atoms with E-state index in [2.05, 4.69) is 39.8 Å². The summed E-state index contributed by atoms with van der Waals surface area (Å²) in [5, 5.41) is 10.9. The molecule has 0 bridgehead atoms. The van der Waals surface area contributed by atoms with Crippen LogP contribution in [0.15, 0.2) is 72.8 Å². The molecule has 8 nitrogen and oxygen atoms in total. The van der Waals surface area contributed by atoms with Crippen molar-refractivity contribution >= 4 is 17.6 Å². The van der Waals surface area contributed by atoms with Gasteiger partial charge in [-0.2, -0.15) is 5.10 Å². The fraction of sp³-hybridized carbons (Fsp3) is 0.312. The van der Waals surface area contributed by atoms with Gasteiger partial charge < -0.3 is 24.4 Å². The number of nitrogens with one attached hydrogen (secondary N) is 2. The molecule has 0 atom stereocenters. The Balaban J connectivity index is 1.41. The molecule has 3 aromatic carbocycles. The van der Waals surface area contributed by atoms with Gasteiger partial charge in [-0.05, 0) is 75.6 Å². The van der Waals surface area contributed by atoms with Crippen molar-refractivity contribution in [2.45, 2.75) is 52.8 Å². The normalized spacial score (nSPS) is 11.3. The number of ether oxygens (including phenoxy) is 3. The molecule has 2 N–H and O–H groups in total. The summed E-state index contributed by atoms with van der Waals surface area (Å²) in [5.74, 6) is 2.22. The smallest absolute Gasteiger partial charge is 0.410 e. The lowest BCUT2D eigenvalue weighted by Gasteiger charge is -2.30. The minimum Gasteiger partial charge on any atom is -0.497 e. The quantitative estimate of drug-likeness (QED) is 0.226. The molecule has 0 aliphatic carbocycles. The van der Waals surface area contributed by atoms with E-state index in [4.69, 9.17) is 14.2 Å². The molecule has 210 valence electrons. The number of hydrogen-bond acceptors (Lipinski definition) is 6. The molecule has 4 aromatic rings. The Morgan fingerprint density at radius 3 is 2.20 bits per heavy atom. The maximum Gasteiger partial charge on any atom is 0.410 e. The molecule has 1 heterocycles. The Morgan fingerprint density at radius 2 is 1.60 bits per heavy atom. The Labute approximate surface area is 236 Å². The summed E-state index contributed by atoms with van der Waals surface area (Å²) in [6.45, 7) is 10.1. The fourth-order valence-electron chi connectivity index (χ4n) is 4.22. The van der Waals surface area contributed by atoms with Crippen molar-refractivity contribution in [3.05, 3.63) is 78.4 Å². The standard InChI is InChI=1S/C32H38N4O4/c1-21(2)36(31(37)40-32(3,4)5)20-22-8-14-25(15-9-22)33-30-19-28(34-35-30)24-12-10-23(11-13-24)27-17-16-26(38-6)18-29(27)39-7/h8-19,21H,20H2,1-7H3,(H2,33,34,35). The minimum atomic E-state index is -0.535. The van der Waals surface area contributed by atoms with Crippen LogP contribution >= 0.6 is 0 Å². The van der Waals surface area contributed by atoms with Crippen LogP contribution in [0.3, 0.4) is 0 Å². The second kappa shape index (κ2) is 12.2. The van der Waals surface area contributed by atoms with Crippen LogP contribution in [-0.2, 0) is 11.3 Å². The number of carbonyl (C=O) groups excluding carboxylic acids is 1. The lowest BCUT2D eigenvalue weighted by molar-refractivity contribution is 0.0172. The summed E-state index contributed by atoms with van der Waals surface area (Å²) in [7, 11) is 3.30. The highest BCUT2D eigenvalue weighted by molar-refractivity contribution is 5.75. The van der Waals surface area contributed by atoms with Crippen molar-refractivity contribution < 1.29 is 19.0 Å². The van der Waals surface area contributed by atoms with Gasteiger partial charge in [0.05, 0.1) is 19.9 Å². The van der Waals surface area contributed by atoms with Crippen LogP contribution < -0.4 is 14.8 Å². The summed E-state index contributed by atoms with van der Waals surface area (Å²) in [6.07, 6.45) is -0.315. The van der Waals surface area contributed by atoms with Gasteiger partial charge in [-0.15, -0.1) is 0 Å². The molecule has 0 fully saturated rings. The van der Waals surface area contributed by atoms with E-state index < -0.39 is 5.60 Å². The summed E-state index contributed by atoms with van der Waals surface area (Å²) in [6, 6.07) is 24.0. The molecular weight excluding hydrogens is 504 g/mol. The lowest BCUT2D eigenvalue weighted by atomic mass is 10.0. The van der Waals surface area contributed by atoms with Crippen molar-refractivity contribution in [3.8, 4) is 33.9 Å². The van der Waals surface area contributed by atoms with E-state index in [0.717, 1.165) is 45.1 Å². The van der Waals surface area contributed by atoms with E-state index in [9.17, 15) is 4.79 Å². The average molecular weight is 543 g/mol. The highest BCUT2D eigenvalue weighted by Crippen LogP contribution is 2.34. The van der Waals surface area contributed by atoms with Crippen molar-refractivity contribution in [2.75, 3.05) is 19.5 Å². The van der Waals surface area contributed by atoms with Gasteiger partial charge in [0.2, 0.25) is 0 Å². The van der Waals surface area contributed by atoms with E-state index in [1.807, 2.05) is 83.1 Å². The maximum atomic E-state index is 12.6. The third-order valence-corrected chi connectivity index (χ3v) is 6.32. The molecule has 0 unspecified atom stereocenters. The molecule has 4 rings (SSSR count). The number of H-pyrrole nitrogens is 1. The van der Waals surface area contributed by atoms with Gasteiger partial charge in [0.15, 0.2) is 5.82 Å². The molecular formula is C32H38N4O4. The number of aromatic nitrogens is 2. The van der Waals surface area contributed by atoms with E-state index in [1.165, 1.54) is 0 Å². The molecule has 0 saturated carbocycles. The van der Waals surface area contributed by atoms with E-state index >= 15 is 0 Å². The number of benzene rings is 3. The first-order valence-electron chi connectivity index (χ1n) is 13.3. The molecule has 0 aliphatic heterocycles. The Kier molecular flexibility index (Phi) is 8.67. The summed E-state index contributed by atoms with van der Waals surface area (Å²) < 4.78 is 16.4. The fourth-order valence-corrected chi connectivity index (χ4v) is 4.22. The zero-order valence-corrected chi connectivity index (χ0v) is 24.2. The number of hydrogen-bond donors (Lipinski definition) is 2. The monoisotopic (exact) mass is 542 g/mol. The Hall–Kier alpha value is -4.46. The highest BCUT2D eigenvalue weighted by Gasteiger charge is 2.24. The number of aromatic amines is 1. The number of nitrogens with zero attached hydrogens (tertiary/aromatic N) is 2. The van der Waals surface area contributed by atoms with Gasteiger partial charge in [0, 0.05) is 36.0 Å². The first-order chi connectivity index (χ1) is 19.1. The zero-order chi connectivity index (χ0) is 28.9. The van der Waals surface area contributed by atoms with Crippen molar-refractivity contribution in [1.82, 2.24) is 15.1 Å². The molecule has 0 aliphatic rings. The second-order valence-corrected chi connectivity index (χ2v) is 10.8. The van der Waals surface area contributed by atoms with Crippen molar-refractivity contribution in [2.24, 2.45) is 0 Å². The molecule has 0 spiro atoms. The topological polar surface area (TPSA) is 88.7 Å². The predicted octanol–water partition coefficient (Wildman–Crippen LogP) is 7.65. The molecule has 1 aromatic heterocycles. The van der Waals surface area contributed by atoms with Crippen LogP contribution in [0.2, 0.25) is 0 Å². The van der Waals surface area contributed by atoms with Crippen LogP contribution in [0.25, 0.3) is 22.4 Å². The van der Waals surface area contributed by atoms with E-state index in [1.54, 1.807) is 19.1 Å². The number of rotatable bonds is 9. The van der Waals surface area contributed by atoms with Gasteiger partial charge in [0.1, 0.15) is 17.1 Å². The zero-order valence-electron chi connectivity index (χ0n) is 24.2. The molecule has 8 heteroatoms.